The highest BCUT2D eigenvalue weighted by Crippen LogP contribution is 2.20. The number of pyridine rings is 2. The Bertz CT molecular complexity index is 1160. The Morgan fingerprint density at radius 1 is 1.17 bits per heavy atom. The number of aromatic nitrogens is 4. The molecule has 0 bridgehead atoms. The number of hydrogen-bond acceptors (Lipinski definition) is 6. The summed E-state index contributed by atoms with van der Waals surface area (Å²) in [4.78, 5) is 21.4. The van der Waals surface area contributed by atoms with Crippen molar-refractivity contribution in [2.75, 3.05) is 19.5 Å². The first kappa shape index (κ1) is 18.4. The molecule has 0 aliphatic rings. The van der Waals surface area contributed by atoms with Gasteiger partial charge in [0.2, 0.25) is 0 Å². The van der Waals surface area contributed by atoms with Crippen LogP contribution in [0.4, 0.5) is 5.82 Å². The largest absolute Gasteiger partial charge is 0.496 e. The predicted octanol–water partition coefficient (Wildman–Crippen LogP) is 2.77. The molecule has 8 heteroatoms. The van der Waals surface area contributed by atoms with Crippen LogP contribution in [0.15, 0.2) is 60.9 Å². The van der Waals surface area contributed by atoms with Crippen LogP contribution in [0.2, 0.25) is 0 Å². The smallest absolute Gasteiger partial charge is 0.251 e. The van der Waals surface area contributed by atoms with Crippen LogP contribution < -0.4 is 15.4 Å². The van der Waals surface area contributed by atoms with E-state index in [9.17, 15) is 4.79 Å². The first-order valence-corrected chi connectivity index (χ1v) is 9.08. The molecule has 0 aliphatic heterocycles. The summed E-state index contributed by atoms with van der Waals surface area (Å²) in [7, 11) is 3.38. The molecule has 1 amide bonds. The lowest BCUT2D eigenvalue weighted by atomic mass is 10.2. The Kier molecular flexibility index (Phi) is 5.07. The van der Waals surface area contributed by atoms with Crippen LogP contribution in [0.3, 0.4) is 0 Å². The molecule has 3 heterocycles. The average molecular weight is 388 g/mol. The van der Waals surface area contributed by atoms with Crippen molar-refractivity contribution >= 4 is 17.4 Å². The van der Waals surface area contributed by atoms with E-state index < -0.39 is 0 Å². The van der Waals surface area contributed by atoms with Gasteiger partial charge in [-0.3, -0.25) is 9.78 Å². The Morgan fingerprint density at radius 2 is 2.03 bits per heavy atom. The van der Waals surface area contributed by atoms with Gasteiger partial charge in [-0.25, -0.2) is 4.98 Å². The standard InChI is InChI=1S/C21H20N6O2/c1-22-18-10-16(21(28)24-13-14-6-3-4-8-17(14)29-2)11-19-25-20(26-27(18)19)15-7-5-9-23-12-15/h3-12,22H,13H2,1-2H3,(H,24,28). The number of fused-ring (bicyclic) bond motifs is 1. The fraction of sp³-hybridized carbons (Fsp3) is 0.143. The summed E-state index contributed by atoms with van der Waals surface area (Å²) in [6, 6.07) is 14.8. The third-order valence-electron chi connectivity index (χ3n) is 4.51. The zero-order valence-corrected chi connectivity index (χ0v) is 16.1. The number of ether oxygens (including phenoxy) is 1. The molecule has 4 rings (SSSR count). The Balaban J connectivity index is 1.62. The van der Waals surface area contributed by atoms with Gasteiger partial charge in [0.25, 0.3) is 5.91 Å². The second-order valence-corrected chi connectivity index (χ2v) is 6.32. The van der Waals surface area contributed by atoms with Gasteiger partial charge < -0.3 is 15.4 Å². The van der Waals surface area contributed by atoms with Crippen LogP contribution in [0.5, 0.6) is 5.75 Å². The van der Waals surface area contributed by atoms with Gasteiger partial charge in [0, 0.05) is 42.7 Å². The highest BCUT2D eigenvalue weighted by Gasteiger charge is 2.14. The molecule has 0 saturated heterocycles. The third-order valence-corrected chi connectivity index (χ3v) is 4.51. The number of nitrogens with one attached hydrogen (secondary N) is 2. The van der Waals surface area contributed by atoms with Crippen molar-refractivity contribution in [2.24, 2.45) is 0 Å². The number of nitrogens with zero attached hydrogens (tertiary/aromatic N) is 4. The lowest BCUT2D eigenvalue weighted by Gasteiger charge is -2.10. The quantitative estimate of drug-likeness (QED) is 0.528. The van der Waals surface area contributed by atoms with E-state index in [0.717, 1.165) is 16.9 Å². The SMILES string of the molecule is CNc1cc(C(=O)NCc2ccccc2OC)cc2nc(-c3cccnc3)nn12. The summed E-state index contributed by atoms with van der Waals surface area (Å²) in [6.45, 7) is 0.358. The van der Waals surface area contributed by atoms with Crippen LogP contribution in [0.25, 0.3) is 17.0 Å². The van der Waals surface area contributed by atoms with Gasteiger partial charge in [0.15, 0.2) is 11.5 Å². The van der Waals surface area contributed by atoms with Gasteiger partial charge in [-0.05, 0) is 30.3 Å². The highest BCUT2D eigenvalue weighted by molar-refractivity contribution is 5.96. The number of para-hydroxylation sites is 1. The number of amides is 1. The molecule has 2 N–H and O–H groups in total. The molecule has 0 unspecified atom stereocenters. The Labute approximate surface area is 167 Å². The Morgan fingerprint density at radius 3 is 2.79 bits per heavy atom. The van der Waals surface area contributed by atoms with Gasteiger partial charge in [-0.15, -0.1) is 5.10 Å². The van der Waals surface area contributed by atoms with Crippen LogP contribution in [0.1, 0.15) is 15.9 Å². The van der Waals surface area contributed by atoms with E-state index in [1.54, 1.807) is 43.2 Å². The predicted molar refractivity (Wildman–Crippen MR) is 110 cm³/mol. The third kappa shape index (κ3) is 3.73. The Hall–Kier alpha value is -3.94. The van der Waals surface area contributed by atoms with Crippen LogP contribution in [-0.4, -0.2) is 39.6 Å². The molecule has 0 saturated carbocycles. The lowest BCUT2D eigenvalue weighted by molar-refractivity contribution is 0.0950. The van der Waals surface area contributed by atoms with E-state index in [-0.39, 0.29) is 5.91 Å². The maximum atomic E-state index is 12.8. The molecule has 0 fully saturated rings. The normalized spacial score (nSPS) is 10.7. The molecule has 0 spiro atoms. The maximum absolute atomic E-state index is 12.8. The van der Waals surface area contributed by atoms with Gasteiger partial charge in [0.05, 0.1) is 7.11 Å². The second-order valence-electron chi connectivity index (χ2n) is 6.32. The number of carbonyl (C=O) groups excluding carboxylic acids is 1. The zero-order valence-electron chi connectivity index (χ0n) is 16.1. The molecule has 0 radical (unpaired) electrons. The zero-order chi connectivity index (χ0) is 20.2. The van der Waals surface area contributed by atoms with E-state index in [2.05, 4.69) is 25.7 Å². The molecule has 4 aromatic rings. The number of rotatable bonds is 6. The minimum Gasteiger partial charge on any atom is -0.496 e. The summed E-state index contributed by atoms with van der Waals surface area (Å²) < 4.78 is 7.00. The molecule has 29 heavy (non-hydrogen) atoms. The van der Waals surface area contributed by atoms with E-state index in [1.807, 2.05) is 36.4 Å². The van der Waals surface area contributed by atoms with Crippen LogP contribution >= 0.6 is 0 Å². The summed E-state index contributed by atoms with van der Waals surface area (Å²) in [5.74, 6) is 1.73. The van der Waals surface area contributed by atoms with Crippen molar-refractivity contribution in [2.45, 2.75) is 6.54 Å². The van der Waals surface area contributed by atoms with Gasteiger partial charge in [0.1, 0.15) is 11.6 Å². The summed E-state index contributed by atoms with van der Waals surface area (Å²) in [6.07, 6.45) is 3.40. The number of hydrogen-bond donors (Lipinski definition) is 2. The molecular weight excluding hydrogens is 368 g/mol. The number of anilines is 1. The van der Waals surface area contributed by atoms with Crippen molar-refractivity contribution in [3.8, 4) is 17.1 Å². The maximum Gasteiger partial charge on any atom is 0.251 e. The molecule has 146 valence electrons. The van der Waals surface area contributed by atoms with Crippen LogP contribution in [-0.2, 0) is 6.54 Å². The monoisotopic (exact) mass is 388 g/mol. The molecular formula is C21H20N6O2. The van der Waals surface area contributed by atoms with Crippen molar-refractivity contribution < 1.29 is 9.53 Å². The fourth-order valence-corrected chi connectivity index (χ4v) is 3.04. The highest BCUT2D eigenvalue weighted by atomic mass is 16.5. The van der Waals surface area contributed by atoms with Gasteiger partial charge >= 0.3 is 0 Å². The summed E-state index contributed by atoms with van der Waals surface area (Å²) in [5, 5.41) is 10.5. The van der Waals surface area contributed by atoms with Crippen LogP contribution in [0, 0.1) is 0 Å². The van der Waals surface area contributed by atoms with E-state index in [1.165, 1.54) is 0 Å². The molecule has 8 nitrogen and oxygen atoms in total. The van der Waals surface area contributed by atoms with Crippen molar-refractivity contribution in [3.05, 3.63) is 72.1 Å². The average Bonchev–Trinajstić information content (AvgIpc) is 3.22. The molecule has 3 aromatic heterocycles. The number of carbonyl (C=O) groups is 1. The van der Waals surface area contributed by atoms with E-state index in [4.69, 9.17) is 4.74 Å². The van der Waals surface area contributed by atoms with Crippen molar-refractivity contribution in [1.29, 1.82) is 0 Å². The van der Waals surface area contributed by atoms with E-state index >= 15 is 0 Å². The van der Waals surface area contributed by atoms with Crippen molar-refractivity contribution in [3.63, 3.8) is 0 Å². The fourth-order valence-electron chi connectivity index (χ4n) is 3.04. The molecule has 1 aromatic carbocycles. The lowest BCUT2D eigenvalue weighted by Crippen LogP contribution is -2.23. The van der Waals surface area contributed by atoms with E-state index in [0.29, 0.717) is 29.4 Å². The topological polar surface area (TPSA) is 93.4 Å². The molecule has 0 aliphatic carbocycles. The molecule has 0 atom stereocenters. The van der Waals surface area contributed by atoms with Gasteiger partial charge in [-0.2, -0.15) is 4.52 Å². The van der Waals surface area contributed by atoms with Gasteiger partial charge in [-0.1, -0.05) is 18.2 Å². The first-order chi connectivity index (χ1) is 14.2. The first-order valence-electron chi connectivity index (χ1n) is 9.08. The minimum absolute atomic E-state index is 0.208. The minimum atomic E-state index is -0.208. The number of methoxy groups -OCH3 is 1. The summed E-state index contributed by atoms with van der Waals surface area (Å²) >= 11 is 0. The van der Waals surface area contributed by atoms with Crippen molar-refractivity contribution in [1.82, 2.24) is 24.9 Å². The summed E-state index contributed by atoms with van der Waals surface area (Å²) in [5.41, 5.74) is 2.76. The number of benzene rings is 1. The second kappa shape index (κ2) is 7.97.